The summed E-state index contributed by atoms with van der Waals surface area (Å²) in [5.41, 5.74) is 0. The molecule has 82 heavy (non-hydrogen) atoms. The van der Waals surface area contributed by atoms with Crippen molar-refractivity contribution in [2.45, 2.75) is 322 Å². The maximum Gasteiger partial charge on any atom is 0.472 e. The van der Waals surface area contributed by atoms with Gasteiger partial charge >= 0.3 is 13.8 Å². The topological polar surface area (TPSA) is 111 Å². The Hall–Kier alpha value is -2.81. The highest BCUT2D eigenvalue weighted by Crippen LogP contribution is 2.43. The third kappa shape index (κ3) is 61.7. The largest absolute Gasteiger partial charge is 0.472 e. The van der Waals surface area contributed by atoms with Crippen LogP contribution in [-0.2, 0) is 27.9 Å². The van der Waals surface area contributed by atoms with Gasteiger partial charge in [0.05, 0.1) is 33.8 Å². The van der Waals surface area contributed by atoms with E-state index >= 15 is 0 Å². The van der Waals surface area contributed by atoms with Gasteiger partial charge in [-0.1, -0.05) is 273 Å². The van der Waals surface area contributed by atoms with Gasteiger partial charge in [-0.3, -0.25) is 18.6 Å². The number of ether oxygens (including phenoxy) is 1. The number of carbonyl (C=O) groups is 2. The van der Waals surface area contributed by atoms with Crippen molar-refractivity contribution in [1.82, 2.24) is 5.32 Å². The van der Waals surface area contributed by atoms with Gasteiger partial charge in [0.25, 0.3) is 0 Å². The number of nitrogens with one attached hydrogen (secondary N) is 1. The molecule has 0 heterocycles. The molecule has 0 fully saturated rings. The fourth-order valence-corrected chi connectivity index (χ4v) is 10.5. The number of hydrogen-bond donors (Lipinski definition) is 2. The van der Waals surface area contributed by atoms with Gasteiger partial charge in [0.15, 0.2) is 0 Å². The summed E-state index contributed by atoms with van der Waals surface area (Å²) < 4.78 is 30.8. The van der Waals surface area contributed by atoms with Crippen LogP contribution < -0.4 is 5.32 Å². The zero-order chi connectivity index (χ0) is 60.0. The number of nitrogens with zero attached hydrogens (tertiary/aromatic N) is 1. The highest BCUT2D eigenvalue weighted by Gasteiger charge is 2.30. The first-order valence-electron chi connectivity index (χ1n) is 34.4. The van der Waals surface area contributed by atoms with Crippen molar-refractivity contribution in [2.24, 2.45) is 0 Å². The molecule has 2 N–H and O–H groups in total. The van der Waals surface area contributed by atoms with Crippen LogP contribution in [0.2, 0.25) is 0 Å². The molecular weight excluding hydrogens is 1040 g/mol. The van der Waals surface area contributed by atoms with Crippen LogP contribution >= 0.6 is 7.82 Å². The Morgan fingerprint density at radius 3 is 1.13 bits per heavy atom. The van der Waals surface area contributed by atoms with Crippen molar-refractivity contribution >= 4 is 19.7 Å². The van der Waals surface area contributed by atoms with Crippen LogP contribution in [0.25, 0.3) is 0 Å². The van der Waals surface area contributed by atoms with E-state index in [-0.39, 0.29) is 31.5 Å². The predicted octanol–water partition coefficient (Wildman–Crippen LogP) is 21.7. The Balaban J connectivity index is 5.08. The SMILES string of the molecule is CCCCC/C=C\C/C=C\C/C=C\C/C=C\CCCCCCCCCCCCCC(=O)OC(/C=C\CCCCCCCCCCCC)C(COP(=O)(O)OCC[N+](C)(C)C)NC(=O)CCCCCCCCC/C=C\C/C=C\CCCCC. The lowest BCUT2D eigenvalue weighted by atomic mass is 10.0. The number of rotatable bonds is 62. The summed E-state index contributed by atoms with van der Waals surface area (Å²) in [5.74, 6) is -0.513. The highest BCUT2D eigenvalue weighted by atomic mass is 31.2. The Morgan fingerprint density at radius 2 is 0.744 bits per heavy atom. The second-order valence-electron chi connectivity index (χ2n) is 24.3. The number of likely N-dealkylation sites (N-methyl/N-ethyl adjacent to an activating group) is 1. The van der Waals surface area contributed by atoms with Gasteiger partial charge in [0.1, 0.15) is 19.3 Å². The first-order chi connectivity index (χ1) is 39.9. The number of hydrogen-bond acceptors (Lipinski definition) is 6. The first-order valence-corrected chi connectivity index (χ1v) is 35.9. The van der Waals surface area contributed by atoms with Crippen molar-refractivity contribution in [3.63, 3.8) is 0 Å². The quantitative estimate of drug-likeness (QED) is 0.0205. The molecule has 0 aromatic heterocycles. The van der Waals surface area contributed by atoms with Gasteiger partial charge in [-0.25, -0.2) is 4.57 Å². The Bertz CT molecular complexity index is 1680. The molecule has 1 amide bonds. The summed E-state index contributed by atoms with van der Waals surface area (Å²) in [4.78, 5) is 37.8. The molecule has 0 saturated heterocycles. The molecule has 476 valence electrons. The molecule has 0 aliphatic heterocycles. The van der Waals surface area contributed by atoms with E-state index in [0.29, 0.717) is 17.4 Å². The summed E-state index contributed by atoms with van der Waals surface area (Å²) in [6.45, 7) is 6.97. The van der Waals surface area contributed by atoms with Crippen LogP contribution in [0.3, 0.4) is 0 Å². The molecule has 10 heteroatoms. The fourth-order valence-electron chi connectivity index (χ4n) is 9.72. The standard InChI is InChI=1S/C72H131N2O7P/c1-7-10-13-16-19-22-25-28-30-32-33-34-35-36-37-38-39-40-41-43-45-47-50-53-56-59-62-65-72(76)81-70(63-60-57-54-51-48-27-24-21-18-15-12-9-3)69(68-80-82(77,78)79-67-66-74(4,5)6)73-71(75)64-61-58-55-52-49-46-44-42-31-29-26-23-20-17-14-11-8-2/h19-20,22-23,28-31,33-34,36-37,60,63,69-70H,7-18,21,24-27,32,35,38-59,61-62,64-68H2,1-6H3,(H-,73,75,77,78)/p+1/b22-19-,23-20-,30-28-,31-29-,34-33-,37-36-,63-60-. The van der Waals surface area contributed by atoms with Gasteiger partial charge in [0, 0.05) is 12.8 Å². The average molecular weight is 1170 g/mol. The molecule has 0 aromatic carbocycles. The number of phosphoric acid groups is 1. The molecule has 0 saturated carbocycles. The van der Waals surface area contributed by atoms with Crippen molar-refractivity contribution in [1.29, 1.82) is 0 Å². The number of esters is 1. The minimum absolute atomic E-state index is 0.0356. The smallest absolute Gasteiger partial charge is 0.456 e. The van der Waals surface area contributed by atoms with Gasteiger partial charge in [-0.05, 0) is 109 Å². The van der Waals surface area contributed by atoms with E-state index in [9.17, 15) is 19.0 Å². The number of quaternary nitrogens is 1. The lowest BCUT2D eigenvalue weighted by Crippen LogP contribution is -2.47. The van der Waals surface area contributed by atoms with Crippen LogP contribution in [0.15, 0.2) is 85.1 Å². The van der Waals surface area contributed by atoms with Crippen LogP contribution in [0.1, 0.15) is 310 Å². The molecule has 0 aromatic rings. The summed E-state index contributed by atoms with van der Waals surface area (Å²) in [6.07, 6.45) is 81.6. The third-order valence-electron chi connectivity index (χ3n) is 15.1. The predicted molar refractivity (Wildman–Crippen MR) is 355 cm³/mol. The van der Waals surface area contributed by atoms with Gasteiger partial charge in [-0.15, -0.1) is 0 Å². The van der Waals surface area contributed by atoms with E-state index < -0.39 is 20.0 Å². The molecule has 3 atom stereocenters. The van der Waals surface area contributed by atoms with Crippen molar-refractivity contribution in [3.8, 4) is 0 Å². The monoisotopic (exact) mass is 1170 g/mol. The van der Waals surface area contributed by atoms with Gasteiger partial charge in [0.2, 0.25) is 5.91 Å². The Labute approximate surface area is 507 Å². The van der Waals surface area contributed by atoms with Gasteiger partial charge in [-0.2, -0.15) is 0 Å². The van der Waals surface area contributed by atoms with Crippen LogP contribution in [0.4, 0.5) is 0 Å². The van der Waals surface area contributed by atoms with E-state index in [2.05, 4.69) is 99.0 Å². The summed E-state index contributed by atoms with van der Waals surface area (Å²) in [6, 6.07) is -0.858. The maximum atomic E-state index is 13.6. The zero-order valence-corrected chi connectivity index (χ0v) is 55.4. The van der Waals surface area contributed by atoms with Crippen molar-refractivity contribution in [2.75, 3.05) is 40.9 Å². The molecular formula is C72H132N2O7P+. The average Bonchev–Trinajstić information content (AvgIpc) is 3.44. The third-order valence-corrected chi connectivity index (χ3v) is 16.0. The van der Waals surface area contributed by atoms with E-state index in [4.69, 9.17) is 13.8 Å². The minimum atomic E-state index is -4.46. The van der Waals surface area contributed by atoms with E-state index in [1.54, 1.807) is 0 Å². The number of phosphoric ester groups is 1. The second kappa shape index (κ2) is 61.3. The lowest BCUT2D eigenvalue weighted by Gasteiger charge is -2.27. The number of amides is 1. The van der Waals surface area contributed by atoms with Crippen LogP contribution in [0, 0.1) is 0 Å². The number of carbonyl (C=O) groups excluding carboxylic acids is 2. The summed E-state index contributed by atoms with van der Waals surface area (Å²) in [5, 5.41) is 3.06. The molecule has 9 nitrogen and oxygen atoms in total. The summed E-state index contributed by atoms with van der Waals surface area (Å²) in [7, 11) is 1.49. The minimum Gasteiger partial charge on any atom is -0.456 e. The van der Waals surface area contributed by atoms with E-state index in [1.807, 2.05) is 33.3 Å². The Kier molecular flexibility index (Phi) is 59.2. The molecule has 0 radical (unpaired) electrons. The molecule has 0 aliphatic rings. The normalized spacial score (nSPS) is 14.1. The first kappa shape index (κ1) is 79.2. The zero-order valence-electron chi connectivity index (χ0n) is 54.5. The van der Waals surface area contributed by atoms with Crippen LogP contribution in [0.5, 0.6) is 0 Å². The molecule has 0 spiro atoms. The van der Waals surface area contributed by atoms with E-state index in [1.165, 1.54) is 180 Å². The number of unbranched alkanes of at least 4 members (excludes halogenated alkanes) is 34. The molecule has 0 bridgehead atoms. The fraction of sp³-hybridized carbons (Fsp3) is 0.778. The molecule has 0 aliphatic carbocycles. The van der Waals surface area contributed by atoms with Gasteiger partial charge < -0.3 is 19.4 Å². The second-order valence-corrected chi connectivity index (χ2v) is 25.8. The molecule has 3 unspecified atom stereocenters. The number of allylic oxidation sites excluding steroid dienone is 13. The lowest BCUT2D eigenvalue weighted by molar-refractivity contribution is -0.870. The maximum absolute atomic E-state index is 13.6. The summed E-state index contributed by atoms with van der Waals surface area (Å²) >= 11 is 0. The Morgan fingerprint density at radius 1 is 0.427 bits per heavy atom. The van der Waals surface area contributed by atoms with Crippen molar-refractivity contribution < 1.29 is 37.3 Å². The molecule has 0 rings (SSSR count). The van der Waals surface area contributed by atoms with Crippen LogP contribution in [-0.4, -0.2) is 74.3 Å². The highest BCUT2D eigenvalue weighted by molar-refractivity contribution is 7.47. The van der Waals surface area contributed by atoms with E-state index in [0.717, 1.165) is 96.3 Å². The van der Waals surface area contributed by atoms with Crippen molar-refractivity contribution in [3.05, 3.63) is 85.1 Å².